The molecule has 0 unspecified atom stereocenters. The van der Waals surface area contributed by atoms with Gasteiger partial charge in [0, 0.05) is 6.54 Å². The van der Waals surface area contributed by atoms with E-state index in [4.69, 9.17) is 5.11 Å². The van der Waals surface area contributed by atoms with E-state index in [1.54, 1.807) is 20.8 Å². The fourth-order valence-corrected chi connectivity index (χ4v) is 2.60. The molecule has 0 aromatic rings. The summed E-state index contributed by atoms with van der Waals surface area (Å²) in [5, 5.41) is 14.5. The van der Waals surface area contributed by atoms with E-state index < -0.39 is 17.4 Å². The van der Waals surface area contributed by atoms with E-state index in [1.165, 1.54) is 12.8 Å². The van der Waals surface area contributed by atoms with Gasteiger partial charge >= 0.3 is 12.0 Å². The van der Waals surface area contributed by atoms with Crippen molar-refractivity contribution in [1.82, 2.24) is 10.6 Å². The summed E-state index contributed by atoms with van der Waals surface area (Å²) < 4.78 is 0. The van der Waals surface area contributed by atoms with Crippen molar-refractivity contribution in [3.05, 3.63) is 0 Å². The summed E-state index contributed by atoms with van der Waals surface area (Å²) in [7, 11) is 0. The third-order valence-corrected chi connectivity index (χ3v) is 4.08. The summed E-state index contributed by atoms with van der Waals surface area (Å²) in [5.41, 5.74) is -0.510. The van der Waals surface area contributed by atoms with Gasteiger partial charge in [0.15, 0.2) is 0 Å². The van der Waals surface area contributed by atoms with Crippen LogP contribution < -0.4 is 10.6 Å². The Balaban J connectivity index is 2.37. The Bertz CT molecular complexity index is 342. The van der Waals surface area contributed by atoms with Gasteiger partial charge in [0.2, 0.25) is 0 Å². The first kappa shape index (κ1) is 16.8. The Morgan fingerprint density at radius 2 is 1.75 bits per heavy atom. The smallest absolute Gasteiger partial charge is 0.326 e. The summed E-state index contributed by atoms with van der Waals surface area (Å²) >= 11 is 0. The van der Waals surface area contributed by atoms with Crippen molar-refractivity contribution in [3.8, 4) is 0 Å². The van der Waals surface area contributed by atoms with Crippen molar-refractivity contribution in [3.63, 3.8) is 0 Å². The fourth-order valence-electron chi connectivity index (χ4n) is 2.60. The number of aliphatic carboxylic acids is 1. The molecular weight excluding hydrogens is 256 g/mol. The number of carbonyl (C=O) groups is 2. The van der Waals surface area contributed by atoms with E-state index >= 15 is 0 Å². The Kier molecular flexibility index (Phi) is 5.84. The molecule has 0 bridgehead atoms. The van der Waals surface area contributed by atoms with Gasteiger partial charge in [-0.05, 0) is 30.1 Å². The predicted octanol–water partition coefficient (Wildman–Crippen LogP) is 2.61. The Morgan fingerprint density at radius 1 is 1.20 bits per heavy atom. The number of carboxylic acids is 1. The first-order chi connectivity index (χ1) is 9.20. The van der Waals surface area contributed by atoms with Crippen molar-refractivity contribution in [2.75, 3.05) is 6.54 Å². The van der Waals surface area contributed by atoms with Crippen molar-refractivity contribution in [1.29, 1.82) is 0 Å². The number of hydrogen-bond acceptors (Lipinski definition) is 2. The zero-order valence-electron chi connectivity index (χ0n) is 13.0. The molecule has 2 amide bonds. The maximum Gasteiger partial charge on any atom is 0.326 e. The molecular formula is C15H28N2O3. The van der Waals surface area contributed by atoms with Gasteiger partial charge in [-0.1, -0.05) is 40.5 Å². The molecule has 1 saturated carbocycles. The van der Waals surface area contributed by atoms with Crippen molar-refractivity contribution < 1.29 is 14.7 Å². The number of carbonyl (C=O) groups excluding carboxylic acids is 1. The van der Waals surface area contributed by atoms with E-state index in [1.807, 2.05) is 0 Å². The number of nitrogens with one attached hydrogen (secondary N) is 2. The van der Waals surface area contributed by atoms with Crippen LogP contribution in [0.2, 0.25) is 0 Å². The summed E-state index contributed by atoms with van der Waals surface area (Å²) in [6.45, 7) is 8.30. The first-order valence-electron chi connectivity index (χ1n) is 7.47. The van der Waals surface area contributed by atoms with E-state index in [0.29, 0.717) is 12.5 Å². The second-order valence-corrected chi connectivity index (χ2v) is 7.12. The third kappa shape index (κ3) is 5.39. The standard InChI is InChI=1S/C15H28N2O3/c1-10-5-7-11(8-6-10)9-16-14(20)17-12(13(18)19)15(2,3)4/h10-12H,5-9H2,1-4H3,(H,18,19)(H2,16,17,20)/t10?,11?,12-/m1/s1. The number of carboxylic acid groups (broad SMARTS) is 1. The highest BCUT2D eigenvalue weighted by molar-refractivity contribution is 5.83. The van der Waals surface area contributed by atoms with Crippen LogP contribution in [0.25, 0.3) is 0 Å². The molecule has 1 aliphatic carbocycles. The molecule has 0 saturated heterocycles. The van der Waals surface area contributed by atoms with Gasteiger partial charge < -0.3 is 15.7 Å². The second kappa shape index (κ2) is 6.95. The minimum absolute atomic E-state index is 0.383. The number of hydrogen-bond donors (Lipinski definition) is 3. The van der Waals surface area contributed by atoms with Crippen LogP contribution in [0, 0.1) is 17.3 Å². The molecule has 0 aromatic heterocycles. The predicted molar refractivity (Wildman–Crippen MR) is 78.5 cm³/mol. The summed E-state index contributed by atoms with van der Waals surface area (Å²) in [6, 6.07) is -1.26. The zero-order valence-corrected chi connectivity index (χ0v) is 13.0. The number of rotatable bonds is 4. The quantitative estimate of drug-likeness (QED) is 0.742. The molecule has 0 radical (unpaired) electrons. The molecule has 5 heteroatoms. The maximum atomic E-state index is 11.8. The lowest BCUT2D eigenvalue weighted by Crippen LogP contribution is -2.52. The molecule has 0 heterocycles. The topological polar surface area (TPSA) is 78.4 Å². The van der Waals surface area contributed by atoms with Gasteiger partial charge in [-0.25, -0.2) is 9.59 Å². The normalized spacial score (nSPS) is 24.8. The minimum atomic E-state index is -1.00. The van der Waals surface area contributed by atoms with Crippen molar-refractivity contribution in [2.45, 2.75) is 59.4 Å². The molecule has 3 N–H and O–H groups in total. The van der Waals surface area contributed by atoms with Gasteiger partial charge in [0.05, 0.1) is 0 Å². The Morgan fingerprint density at radius 3 is 2.20 bits per heavy atom. The van der Waals surface area contributed by atoms with E-state index in [2.05, 4.69) is 17.6 Å². The van der Waals surface area contributed by atoms with Gasteiger partial charge in [-0.2, -0.15) is 0 Å². The van der Waals surface area contributed by atoms with Crippen LogP contribution in [0.3, 0.4) is 0 Å². The van der Waals surface area contributed by atoms with Crippen LogP contribution in [0.4, 0.5) is 4.79 Å². The van der Waals surface area contributed by atoms with Crippen LogP contribution in [0.5, 0.6) is 0 Å². The van der Waals surface area contributed by atoms with Gasteiger partial charge in [0.1, 0.15) is 6.04 Å². The van der Waals surface area contributed by atoms with Crippen LogP contribution >= 0.6 is 0 Å². The average Bonchev–Trinajstić information content (AvgIpc) is 2.33. The first-order valence-corrected chi connectivity index (χ1v) is 7.47. The number of amides is 2. The van der Waals surface area contributed by atoms with Crippen LogP contribution in [-0.2, 0) is 4.79 Å². The van der Waals surface area contributed by atoms with Gasteiger partial charge in [-0.3, -0.25) is 0 Å². The summed E-state index contributed by atoms with van der Waals surface area (Å²) in [5.74, 6) is 0.311. The molecule has 0 spiro atoms. The molecule has 1 aliphatic rings. The molecule has 1 atom stereocenters. The molecule has 1 rings (SSSR count). The lowest BCUT2D eigenvalue weighted by molar-refractivity contribution is -0.141. The van der Waals surface area contributed by atoms with E-state index in [9.17, 15) is 9.59 Å². The summed E-state index contributed by atoms with van der Waals surface area (Å²) in [6.07, 6.45) is 4.72. The van der Waals surface area contributed by atoms with Gasteiger partial charge in [-0.15, -0.1) is 0 Å². The van der Waals surface area contributed by atoms with Crippen molar-refractivity contribution >= 4 is 12.0 Å². The molecule has 20 heavy (non-hydrogen) atoms. The average molecular weight is 284 g/mol. The molecule has 0 aromatic carbocycles. The van der Waals surface area contributed by atoms with Crippen LogP contribution in [0.1, 0.15) is 53.4 Å². The zero-order chi connectivity index (χ0) is 15.3. The summed E-state index contributed by atoms with van der Waals surface area (Å²) in [4.78, 5) is 23.0. The Hall–Kier alpha value is -1.26. The van der Waals surface area contributed by atoms with E-state index in [0.717, 1.165) is 18.8 Å². The van der Waals surface area contributed by atoms with Crippen LogP contribution in [0.15, 0.2) is 0 Å². The third-order valence-electron chi connectivity index (χ3n) is 4.08. The molecule has 0 aliphatic heterocycles. The monoisotopic (exact) mass is 284 g/mol. The van der Waals surface area contributed by atoms with Gasteiger partial charge in [0.25, 0.3) is 0 Å². The molecule has 1 fully saturated rings. The van der Waals surface area contributed by atoms with Crippen molar-refractivity contribution in [2.24, 2.45) is 17.3 Å². The maximum absolute atomic E-state index is 11.8. The molecule has 5 nitrogen and oxygen atoms in total. The number of urea groups is 1. The largest absolute Gasteiger partial charge is 0.480 e. The SMILES string of the molecule is CC1CCC(CNC(=O)N[C@H](C(=O)O)C(C)(C)C)CC1. The fraction of sp³-hybridized carbons (Fsp3) is 0.867. The Labute approximate surface area is 121 Å². The lowest BCUT2D eigenvalue weighted by Gasteiger charge is -2.29. The molecule has 116 valence electrons. The highest BCUT2D eigenvalue weighted by atomic mass is 16.4. The minimum Gasteiger partial charge on any atom is -0.480 e. The van der Waals surface area contributed by atoms with Crippen LogP contribution in [-0.4, -0.2) is 29.7 Å². The second-order valence-electron chi connectivity index (χ2n) is 7.12. The lowest BCUT2D eigenvalue weighted by atomic mass is 9.83. The highest BCUT2D eigenvalue weighted by Gasteiger charge is 2.32. The highest BCUT2D eigenvalue weighted by Crippen LogP contribution is 2.27. The van der Waals surface area contributed by atoms with E-state index in [-0.39, 0.29) is 6.03 Å².